The second-order valence-electron chi connectivity index (χ2n) is 7.34. The first kappa shape index (κ1) is 23.2. The third-order valence-electron chi connectivity index (χ3n) is 4.72. The van der Waals surface area contributed by atoms with Crippen molar-refractivity contribution in [3.05, 3.63) is 63.4 Å². The van der Waals surface area contributed by atoms with E-state index in [-0.39, 0.29) is 28.4 Å². The lowest BCUT2D eigenvalue weighted by atomic mass is 10.0. The fraction of sp³-hybridized carbons (Fsp3) is 0.261. The fourth-order valence-corrected chi connectivity index (χ4v) is 3.93. The Hall–Kier alpha value is -3.46. The molecule has 0 aliphatic rings. The minimum Gasteiger partial charge on any atom is -0.325 e. The molecular weight excluding hydrogens is 426 g/mol. The van der Waals surface area contributed by atoms with Gasteiger partial charge in [-0.05, 0) is 43.5 Å². The summed E-state index contributed by atoms with van der Waals surface area (Å²) >= 11 is 1.09. The van der Waals surface area contributed by atoms with E-state index in [0.717, 1.165) is 40.6 Å². The van der Waals surface area contributed by atoms with Gasteiger partial charge in [-0.3, -0.25) is 19.4 Å². The molecule has 166 valence electrons. The number of nitrogens with zero attached hydrogens (tertiary/aromatic N) is 2. The van der Waals surface area contributed by atoms with Crippen molar-refractivity contribution in [2.45, 2.75) is 39.3 Å². The monoisotopic (exact) mass is 451 g/mol. The highest BCUT2D eigenvalue weighted by atomic mass is 32.2. The first-order valence-corrected chi connectivity index (χ1v) is 11.1. The molecule has 0 atom stereocenters. The van der Waals surface area contributed by atoms with Crippen LogP contribution in [0.2, 0.25) is 0 Å². The number of benzene rings is 2. The number of anilines is 2. The molecular formula is C23H25N5O3S. The van der Waals surface area contributed by atoms with Crippen LogP contribution in [0.15, 0.2) is 46.3 Å². The van der Waals surface area contributed by atoms with Gasteiger partial charge in [0.15, 0.2) is 10.9 Å². The lowest BCUT2D eigenvalue weighted by Gasteiger charge is -2.13. The number of aromatic amines is 1. The number of carbonyl (C=O) groups is 2. The zero-order valence-corrected chi connectivity index (χ0v) is 19.2. The Balaban J connectivity index is 1.77. The minimum atomic E-state index is -0.448. The number of amides is 2. The molecule has 1 heterocycles. The predicted molar refractivity (Wildman–Crippen MR) is 127 cm³/mol. The first-order valence-electron chi connectivity index (χ1n) is 10.1. The lowest BCUT2D eigenvalue weighted by Crippen LogP contribution is -2.18. The summed E-state index contributed by atoms with van der Waals surface area (Å²) in [5.41, 5.74) is 4.24. The maximum absolute atomic E-state index is 12.7. The van der Waals surface area contributed by atoms with Gasteiger partial charge in [0.25, 0.3) is 5.56 Å². The minimum absolute atomic E-state index is 0.0721. The van der Waals surface area contributed by atoms with Gasteiger partial charge in [-0.15, -0.1) is 10.2 Å². The molecule has 0 aliphatic carbocycles. The topological polar surface area (TPSA) is 117 Å². The number of hydrogen-bond donors (Lipinski definition) is 3. The molecule has 0 saturated carbocycles. The quantitative estimate of drug-likeness (QED) is 0.472. The van der Waals surface area contributed by atoms with E-state index in [2.05, 4.69) is 25.8 Å². The number of H-pyrrole nitrogens is 1. The van der Waals surface area contributed by atoms with Crippen LogP contribution in [0.4, 0.5) is 11.4 Å². The van der Waals surface area contributed by atoms with Crippen molar-refractivity contribution < 1.29 is 9.59 Å². The van der Waals surface area contributed by atoms with Gasteiger partial charge in [-0.25, -0.2) is 0 Å². The number of rotatable bonds is 7. The van der Waals surface area contributed by atoms with Crippen LogP contribution < -0.4 is 16.2 Å². The van der Waals surface area contributed by atoms with Gasteiger partial charge < -0.3 is 10.6 Å². The maximum Gasteiger partial charge on any atom is 0.278 e. The van der Waals surface area contributed by atoms with E-state index in [0.29, 0.717) is 11.3 Å². The van der Waals surface area contributed by atoms with Gasteiger partial charge in [0.1, 0.15) is 0 Å². The molecule has 0 bridgehead atoms. The number of aryl methyl sites for hydroxylation is 3. The van der Waals surface area contributed by atoms with Crippen molar-refractivity contribution in [2.75, 3.05) is 16.4 Å². The van der Waals surface area contributed by atoms with Crippen LogP contribution in [0, 0.1) is 13.8 Å². The van der Waals surface area contributed by atoms with Crippen molar-refractivity contribution in [1.29, 1.82) is 0 Å². The van der Waals surface area contributed by atoms with Gasteiger partial charge in [0.2, 0.25) is 11.8 Å². The molecule has 8 nitrogen and oxygen atoms in total. The number of carbonyl (C=O) groups excluding carboxylic acids is 2. The molecule has 0 saturated heterocycles. The van der Waals surface area contributed by atoms with Crippen LogP contribution in [0.5, 0.6) is 0 Å². The Labute approximate surface area is 190 Å². The summed E-state index contributed by atoms with van der Waals surface area (Å²) in [6.45, 7) is 7.18. The van der Waals surface area contributed by atoms with Crippen LogP contribution in [0.3, 0.4) is 0 Å². The number of aromatic nitrogens is 3. The Bertz CT molecular complexity index is 1220. The lowest BCUT2D eigenvalue weighted by molar-refractivity contribution is -0.114. The molecule has 9 heteroatoms. The molecule has 2 amide bonds. The normalized spacial score (nSPS) is 10.6. The van der Waals surface area contributed by atoms with E-state index in [1.807, 2.05) is 51.1 Å². The second-order valence-corrected chi connectivity index (χ2v) is 8.31. The van der Waals surface area contributed by atoms with E-state index >= 15 is 0 Å². The molecule has 0 spiro atoms. The highest BCUT2D eigenvalue weighted by molar-refractivity contribution is 7.99. The van der Waals surface area contributed by atoms with Gasteiger partial charge in [0, 0.05) is 18.2 Å². The van der Waals surface area contributed by atoms with Crippen LogP contribution >= 0.6 is 11.8 Å². The Morgan fingerprint density at radius 3 is 2.53 bits per heavy atom. The van der Waals surface area contributed by atoms with Crippen LogP contribution in [0.1, 0.15) is 30.5 Å². The maximum atomic E-state index is 12.7. The molecule has 32 heavy (non-hydrogen) atoms. The van der Waals surface area contributed by atoms with Crippen molar-refractivity contribution in [3.8, 4) is 11.3 Å². The zero-order chi connectivity index (χ0) is 23.3. The van der Waals surface area contributed by atoms with Gasteiger partial charge in [-0.2, -0.15) is 0 Å². The van der Waals surface area contributed by atoms with Gasteiger partial charge >= 0.3 is 0 Å². The number of para-hydroxylation sites is 1. The van der Waals surface area contributed by atoms with E-state index in [1.54, 1.807) is 6.07 Å². The van der Waals surface area contributed by atoms with E-state index in [9.17, 15) is 14.4 Å². The van der Waals surface area contributed by atoms with Crippen LogP contribution in [-0.2, 0) is 16.0 Å². The summed E-state index contributed by atoms with van der Waals surface area (Å²) in [6.07, 6.45) is 0.808. The van der Waals surface area contributed by atoms with E-state index in [1.165, 1.54) is 6.92 Å². The summed E-state index contributed by atoms with van der Waals surface area (Å²) in [6, 6.07) is 11.3. The summed E-state index contributed by atoms with van der Waals surface area (Å²) in [5, 5.41) is 14.0. The van der Waals surface area contributed by atoms with E-state index < -0.39 is 5.56 Å². The second kappa shape index (κ2) is 10.2. The molecule has 3 rings (SSSR count). The number of hydrogen-bond acceptors (Lipinski definition) is 6. The van der Waals surface area contributed by atoms with Crippen molar-refractivity contribution in [2.24, 2.45) is 0 Å². The van der Waals surface area contributed by atoms with Crippen LogP contribution in [0.25, 0.3) is 11.3 Å². The largest absolute Gasteiger partial charge is 0.325 e. The van der Waals surface area contributed by atoms with Crippen LogP contribution in [-0.4, -0.2) is 32.7 Å². The highest BCUT2D eigenvalue weighted by Gasteiger charge is 2.16. The molecule has 1 aromatic heterocycles. The molecule has 0 fully saturated rings. The predicted octanol–water partition coefficient (Wildman–Crippen LogP) is 3.70. The first-order chi connectivity index (χ1) is 15.3. The standard InChI is InChI=1S/C23H25N5O3S/c1-5-16-8-6-7-9-18(16)25-19(30)12-32-23-26-22(31)21(27-28-23)17-11-13(2)10-14(3)20(17)24-15(4)29/h6-11H,5,12H2,1-4H3,(H,24,29)(H,25,30)(H,26,28,31). The fourth-order valence-electron chi connectivity index (χ4n) is 3.33. The summed E-state index contributed by atoms with van der Waals surface area (Å²) < 4.78 is 0. The molecule has 0 aliphatic heterocycles. The molecule has 0 unspecified atom stereocenters. The molecule has 0 radical (unpaired) electrons. The summed E-state index contributed by atoms with van der Waals surface area (Å²) in [5.74, 6) is -0.377. The number of nitrogens with one attached hydrogen (secondary N) is 3. The Morgan fingerprint density at radius 2 is 1.84 bits per heavy atom. The average molecular weight is 452 g/mol. The van der Waals surface area contributed by atoms with E-state index in [4.69, 9.17) is 0 Å². The van der Waals surface area contributed by atoms with Crippen molar-refractivity contribution in [3.63, 3.8) is 0 Å². The third kappa shape index (κ3) is 5.61. The summed E-state index contributed by atoms with van der Waals surface area (Å²) in [4.78, 5) is 39.4. The van der Waals surface area contributed by atoms with Crippen molar-refractivity contribution in [1.82, 2.24) is 15.2 Å². The average Bonchev–Trinajstić information content (AvgIpc) is 2.74. The summed E-state index contributed by atoms with van der Waals surface area (Å²) in [7, 11) is 0. The van der Waals surface area contributed by atoms with Crippen molar-refractivity contribution >= 4 is 35.0 Å². The highest BCUT2D eigenvalue weighted by Crippen LogP contribution is 2.29. The van der Waals surface area contributed by atoms with Gasteiger partial charge in [0.05, 0.1) is 11.4 Å². The zero-order valence-electron chi connectivity index (χ0n) is 18.4. The molecule has 3 N–H and O–H groups in total. The number of thioether (sulfide) groups is 1. The Morgan fingerprint density at radius 1 is 1.09 bits per heavy atom. The molecule has 2 aromatic carbocycles. The SMILES string of the molecule is CCc1ccccc1NC(=O)CSc1nnc(-c2cc(C)cc(C)c2NC(C)=O)c(=O)[nH]1. The Kier molecular flexibility index (Phi) is 7.42. The smallest absolute Gasteiger partial charge is 0.278 e. The third-order valence-corrected chi connectivity index (χ3v) is 5.59. The molecule has 3 aromatic rings. The van der Waals surface area contributed by atoms with Gasteiger partial charge in [-0.1, -0.05) is 48.5 Å².